The Morgan fingerprint density at radius 2 is 1.44 bits per heavy atom. The van der Waals surface area contributed by atoms with Crippen molar-refractivity contribution in [1.82, 2.24) is 0 Å². The fraction of sp³-hybridized carbons (Fsp3) is 0.571. The van der Waals surface area contributed by atoms with Gasteiger partial charge in [0, 0.05) is 5.02 Å². The molecule has 18 heavy (non-hydrogen) atoms. The smallest absolute Gasteiger partial charge is 0.873 e. The molecule has 0 aromatic heterocycles. The minimum absolute atomic E-state index is 0. The second-order valence-corrected chi connectivity index (χ2v) is 4.75. The zero-order valence-corrected chi connectivity index (χ0v) is 12.6. The first-order valence-electron chi connectivity index (χ1n) is 6.30. The number of rotatable bonds is 6. The van der Waals surface area contributed by atoms with E-state index in [9.17, 15) is 10.2 Å². The van der Waals surface area contributed by atoms with Crippen molar-refractivity contribution in [2.45, 2.75) is 52.4 Å². The molecule has 0 saturated heterocycles. The standard InChI is InChI=1S/C14H21ClO2.Ni/c1-3-5-7-10-9-11(8-6-4-2)13(16)14(17)12(10)15;/h9,16-17H,3-8H2,1-2H3;/q;+2/p-2. The van der Waals surface area contributed by atoms with Gasteiger partial charge in [0.2, 0.25) is 0 Å². The Balaban J connectivity index is 0.00000289. The monoisotopic (exact) mass is 312 g/mol. The number of benzene rings is 1. The Bertz CT molecular complexity index is 348. The van der Waals surface area contributed by atoms with Gasteiger partial charge in [-0.2, -0.15) is 0 Å². The summed E-state index contributed by atoms with van der Waals surface area (Å²) in [6.45, 7) is 4.16. The van der Waals surface area contributed by atoms with Gasteiger partial charge >= 0.3 is 16.5 Å². The maximum atomic E-state index is 11.7. The molecule has 0 saturated carbocycles. The summed E-state index contributed by atoms with van der Waals surface area (Å²) in [5, 5.41) is 23.5. The van der Waals surface area contributed by atoms with Crippen molar-refractivity contribution < 1.29 is 26.7 Å². The molecule has 0 aliphatic heterocycles. The van der Waals surface area contributed by atoms with Crippen LogP contribution in [-0.2, 0) is 29.3 Å². The van der Waals surface area contributed by atoms with Crippen molar-refractivity contribution >= 4 is 11.6 Å². The van der Waals surface area contributed by atoms with E-state index in [1.54, 1.807) is 0 Å². The molecule has 1 aromatic rings. The maximum Gasteiger partial charge on any atom is 2.00 e. The predicted octanol–water partition coefficient (Wildman–Crippen LogP) is 3.17. The largest absolute Gasteiger partial charge is 2.00 e. The summed E-state index contributed by atoms with van der Waals surface area (Å²) in [7, 11) is 0. The summed E-state index contributed by atoms with van der Waals surface area (Å²) in [5.41, 5.74) is 1.47. The van der Waals surface area contributed by atoms with Gasteiger partial charge in [0.25, 0.3) is 0 Å². The van der Waals surface area contributed by atoms with Crippen LogP contribution in [0.4, 0.5) is 0 Å². The number of hydrogen-bond acceptors (Lipinski definition) is 2. The fourth-order valence-electron chi connectivity index (χ4n) is 1.83. The third kappa shape index (κ3) is 4.37. The molecule has 0 N–H and O–H groups in total. The van der Waals surface area contributed by atoms with Gasteiger partial charge in [0.15, 0.2) is 0 Å². The van der Waals surface area contributed by atoms with E-state index in [4.69, 9.17) is 11.6 Å². The molecule has 1 aromatic carbocycles. The van der Waals surface area contributed by atoms with Gasteiger partial charge in [-0.3, -0.25) is 0 Å². The number of halogens is 1. The molecule has 0 radical (unpaired) electrons. The molecule has 0 amide bonds. The second-order valence-electron chi connectivity index (χ2n) is 4.37. The van der Waals surface area contributed by atoms with E-state index >= 15 is 0 Å². The third-order valence-electron chi connectivity index (χ3n) is 2.93. The first-order chi connectivity index (χ1) is 8.11. The molecule has 104 valence electrons. The van der Waals surface area contributed by atoms with E-state index in [2.05, 4.69) is 13.8 Å². The second kappa shape index (κ2) is 8.66. The maximum absolute atomic E-state index is 11.7. The molecule has 0 unspecified atom stereocenters. The number of aryl methyl sites for hydroxylation is 2. The van der Waals surface area contributed by atoms with Crippen LogP contribution in [0.25, 0.3) is 0 Å². The van der Waals surface area contributed by atoms with Crippen LogP contribution in [0.1, 0.15) is 50.7 Å². The van der Waals surface area contributed by atoms with Crippen molar-refractivity contribution in [2.75, 3.05) is 0 Å². The van der Waals surface area contributed by atoms with Gasteiger partial charge < -0.3 is 10.2 Å². The average Bonchev–Trinajstić information content (AvgIpc) is 2.34. The predicted molar refractivity (Wildman–Crippen MR) is 67.6 cm³/mol. The van der Waals surface area contributed by atoms with E-state index in [-0.39, 0.29) is 21.5 Å². The number of hydrogen-bond donors (Lipinski definition) is 0. The first kappa shape index (κ1) is 17.6. The molecule has 0 fully saturated rings. The normalized spacial score (nSPS) is 10.2. The minimum Gasteiger partial charge on any atom is -0.873 e. The van der Waals surface area contributed by atoms with Crippen LogP contribution in [0.2, 0.25) is 5.02 Å². The molecular formula is C14H19ClNiO2. The van der Waals surface area contributed by atoms with E-state index in [1.807, 2.05) is 6.07 Å². The Hall–Kier alpha value is -0.396. The van der Waals surface area contributed by atoms with Gasteiger partial charge in [0.05, 0.1) is 0 Å². The molecule has 2 nitrogen and oxygen atoms in total. The first-order valence-corrected chi connectivity index (χ1v) is 6.67. The van der Waals surface area contributed by atoms with Crippen molar-refractivity contribution in [3.05, 3.63) is 22.2 Å². The number of unbranched alkanes of at least 4 members (excludes halogenated alkanes) is 2. The van der Waals surface area contributed by atoms with E-state index in [0.717, 1.165) is 37.7 Å². The topological polar surface area (TPSA) is 46.1 Å². The van der Waals surface area contributed by atoms with Crippen molar-refractivity contribution in [2.24, 2.45) is 0 Å². The Kier molecular flexibility index (Phi) is 8.47. The molecule has 0 aliphatic rings. The van der Waals surface area contributed by atoms with Crippen LogP contribution in [0.3, 0.4) is 0 Å². The van der Waals surface area contributed by atoms with E-state index < -0.39 is 11.5 Å². The van der Waals surface area contributed by atoms with Gasteiger partial charge in [-0.1, -0.05) is 55.7 Å². The molecule has 0 bridgehead atoms. The van der Waals surface area contributed by atoms with Crippen molar-refractivity contribution in [3.63, 3.8) is 0 Å². The summed E-state index contributed by atoms with van der Waals surface area (Å²) >= 11 is 5.93. The molecular weight excluding hydrogens is 294 g/mol. The van der Waals surface area contributed by atoms with Crippen molar-refractivity contribution in [3.8, 4) is 11.5 Å². The summed E-state index contributed by atoms with van der Waals surface area (Å²) in [5.74, 6) is -0.935. The SMILES string of the molecule is CCCCc1cc(CCCC)c(Cl)c([O-])c1[O-].[Ni+2]. The van der Waals surface area contributed by atoms with Gasteiger partial charge in [-0.25, -0.2) is 0 Å². The van der Waals surface area contributed by atoms with Crippen LogP contribution in [0, 0.1) is 0 Å². The molecule has 4 heteroatoms. The fourth-order valence-corrected chi connectivity index (χ4v) is 2.07. The van der Waals surface area contributed by atoms with Gasteiger partial charge in [0.1, 0.15) is 0 Å². The van der Waals surface area contributed by atoms with Crippen LogP contribution in [-0.4, -0.2) is 0 Å². The van der Waals surface area contributed by atoms with Crippen LogP contribution >= 0.6 is 11.6 Å². The average molecular weight is 313 g/mol. The molecule has 0 atom stereocenters. The van der Waals surface area contributed by atoms with E-state index in [0.29, 0.717) is 12.0 Å². The molecule has 0 aliphatic carbocycles. The van der Waals surface area contributed by atoms with Gasteiger partial charge in [-0.15, -0.1) is 5.75 Å². The Morgan fingerprint density at radius 1 is 0.944 bits per heavy atom. The summed E-state index contributed by atoms with van der Waals surface area (Å²) in [6, 6.07) is 1.83. The summed E-state index contributed by atoms with van der Waals surface area (Å²) in [6.07, 6.45) is 5.45. The summed E-state index contributed by atoms with van der Waals surface area (Å²) in [4.78, 5) is 0. The molecule has 0 heterocycles. The Labute approximate surface area is 124 Å². The Morgan fingerprint density at radius 3 is 1.94 bits per heavy atom. The zero-order valence-electron chi connectivity index (χ0n) is 10.8. The quantitative estimate of drug-likeness (QED) is 0.757. The molecule has 0 spiro atoms. The van der Waals surface area contributed by atoms with Crippen LogP contribution in [0.15, 0.2) is 6.07 Å². The third-order valence-corrected chi connectivity index (χ3v) is 3.34. The molecule has 1 rings (SSSR count). The summed E-state index contributed by atoms with van der Waals surface area (Å²) < 4.78 is 0. The van der Waals surface area contributed by atoms with Gasteiger partial charge in [-0.05, 0) is 31.2 Å². The van der Waals surface area contributed by atoms with E-state index in [1.165, 1.54) is 0 Å². The van der Waals surface area contributed by atoms with Crippen molar-refractivity contribution in [1.29, 1.82) is 0 Å². The van der Waals surface area contributed by atoms with Crippen LogP contribution in [0.5, 0.6) is 11.5 Å². The zero-order chi connectivity index (χ0) is 12.8. The van der Waals surface area contributed by atoms with Crippen LogP contribution < -0.4 is 10.2 Å². The minimum atomic E-state index is -0.522.